The molecule has 3 rings (SSSR count). The minimum atomic E-state index is -4.39. The number of carbonyl (C=O) groups is 1. The maximum absolute atomic E-state index is 12.8. The van der Waals surface area contributed by atoms with Crippen LogP contribution in [0.25, 0.3) is 0 Å². The summed E-state index contributed by atoms with van der Waals surface area (Å²) in [4.78, 5) is 20.8. The Hall–Kier alpha value is -2.81. The summed E-state index contributed by atoms with van der Waals surface area (Å²) in [5, 5.41) is 3.15. The Morgan fingerprint density at radius 1 is 1.09 bits per heavy atom. The van der Waals surface area contributed by atoms with Gasteiger partial charge in [-0.25, -0.2) is 4.98 Å². The zero-order valence-electron chi connectivity index (χ0n) is 19.2. The van der Waals surface area contributed by atoms with Gasteiger partial charge >= 0.3 is 6.18 Å². The van der Waals surface area contributed by atoms with E-state index in [0.29, 0.717) is 25.5 Å². The second kappa shape index (κ2) is 10.9. The summed E-state index contributed by atoms with van der Waals surface area (Å²) in [5.41, 5.74) is 0.269. The molecule has 1 atom stereocenters. The fourth-order valence-electron chi connectivity index (χ4n) is 3.97. The largest absolute Gasteiger partial charge is 0.497 e. The van der Waals surface area contributed by atoms with E-state index in [1.165, 1.54) is 6.07 Å². The van der Waals surface area contributed by atoms with Crippen molar-refractivity contribution in [3.63, 3.8) is 0 Å². The predicted octanol–water partition coefficient (Wildman–Crippen LogP) is 4.13. The van der Waals surface area contributed by atoms with E-state index in [0.717, 1.165) is 36.5 Å². The minimum absolute atomic E-state index is 0.0503. The van der Waals surface area contributed by atoms with Crippen molar-refractivity contribution in [3.05, 3.63) is 53.7 Å². The Morgan fingerprint density at radius 3 is 2.39 bits per heavy atom. The number of amides is 1. The number of rotatable bonds is 7. The first-order chi connectivity index (χ1) is 15.7. The van der Waals surface area contributed by atoms with Gasteiger partial charge in [-0.15, -0.1) is 0 Å². The van der Waals surface area contributed by atoms with E-state index >= 15 is 0 Å². The van der Waals surface area contributed by atoms with E-state index in [1.807, 2.05) is 29.2 Å². The molecule has 180 valence electrons. The lowest BCUT2D eigenvalue weighted by Crippen LogP contribution is -2.41. The second-order valence-corrected chi connectivity index (χ2v) is 8.58. The number of hydrogen-bond donors (Lipinski definition) is 1. The summed E-state index contributed by atoms with van der Waals surface area (Å²) >= 11 is 0. The van der Waals surface area contributed by atoms with Gasteiger partial charge in [-0.05, 0) is 42.2 Å². The highest BCUT2D eigenvalue weighted by molar-refractivity contribution is 5.78. The third-order valence-corrected chi connectivity index (χ3v) is 5.81. The number of methoxy groups -OCH3 is 1. The van der Waals surface area contributed by atoms with E-state index in [9.17, 15) is 18.0 Å². The topological polar surface area (TPSA) is 57.7 Å². The van der Waals surface area contributed by atoms with Crippen molar-refractivity contribution in [2.24, 2.45) is 5.92 Å². The predicted molar refractivity (Wildman–Crippen MR) is 121 cm³/mol. The fourth-order valence-corrected chi connectivity index (χ4v) is 3.97. The number of hydrogen-bond acceptors (Lipinski definition) is 5. The Balaban J connectivity index is 1.56. The Morgan fingerprint density at radius 2 is 1.82 bits per heavy atom. The molecular weight excluding hydrogens is 433 g/mol. The van der Waals surface area contributed by atoms with Crippen molar-refractivity contribution in [3.8, 4) is 5.75 Å². The smallest absolute Gasteiger partial charge is 0.417 e. The molecule has 1 aromatic heterocycles. The van der Waals surface area contributed by atoms with Crippen LogP contribution in [-0.2, 0) is 11.0 Å². The van der Waals surface area contributed by atoms with Gasteiger partial charge in [0.1, 0.15) is 11.6 Å². The van der Waals surface area contributed by atoms with E-state index < -0.39 is 11.7 Å². The fraction of sp³-hybridized carbons (Fsp3) is 0.500. The molecule has 1 fully saturated rings. The summed E-state index contributed by atoms with van der Waals surface area (Å²) in [6.07, 6.45) is -2.73. The standard InChI is InChI=1S/C24H31F3N4O2/c1-17(2)23(18-5-8-20(33-3)9-6-18)29-22(32)16-30-11-4-12-31(14-13-30)21-10-7-19(15-28-21)24(25,26)27/h5-10,15,17,23H,4,11-14,16H2,1-3H3,(H,29,32)/t23-/m1/s1. The van der Waals surface area contributed by atoms with Gasteiger partial charge in [0.25, 0.3) is 0 Å². The molecule has 2 heterocycles. The van der Waals surface area contributed by atoms with Crippen LogP contribution in [0.3, 0.4) is 0 Å². The normalized spacial score (nSPS) is 16.4. The monoisotopic (exact) mass is 464 g/mol. The van der Waals surface area contributed by atoms with Gasteiger partial charge in [-0.2, -0.15) is 13.2 Å². The molecule has 0 bridgehead atoms. The third kappa shape index (κ3) is 6.83. The lowest BCUT2D eigenvalue weighted by molar-refractivity contribution is -0.137. The summed E-state index contributed by atoms with van der Waals surface area (Å²) < 4.78 is 43.5. The van der Waals surface area contributed by atoms with Crippen molar-refractivity contribution in [2.75, 3.05) is 44.7 Å². The highest BCUT2D eigenvalue weighted by atomic mass is 19.4. The first-order valence-electron chi connectivity index (χ1n) is 11.1. The first kappa shape index (κ1) is 24.8. The number of aromatic nitrogens is 1. The number of pyridine rings is 1. The maximum atomic E-state index is 12.8. The lowest BCUT2D eigenvalue weighted by atomic mass is 9.96. The van der Waals surface area contributed by atoms with Crippen molar-refractivity contribution in [1.82, 2.24) is 15.2 Å². The number of alkyl halides is 3. The van der Waals surface area contributed by atoms with Crippen LogP contribution < -0.4 is 15.0 Å². The Kier molecular flexibility index (Phi) is 8.18. The summed E-state index contributed by atoms with van der Waals surface area (Å²) in [7, 11) is 1.62. The van der Waals surface area contributed by atoms with Crippen molar-refractivity contribution in [1.29, 1.82) is 0 Å². The molecule has 1 aliphatic rings. The van der Waals surface area contributed by atoms with Crippen LogP contribution in [0.1, 0.15) is 37.4 Å². The molecule has 9 heteroatoms. The average molecular weight is 465 g/mol. The molecule has 1 amide bonds. The molecule has 0 radical (unpaired) electrons. The minimum Gasteiger partial charge on any atom is -0.497 e. The Labute approximate surface area is 192 Å². The summed E-state index contributed by atoms with van der Waals surface area (Å²) in [6.45, 7) is 7.04. The number of anilines is 1. The van der Waals surface area contributed by atoms with Gasteiger partial charge in [0.15, 0.2) is 0 Å². The number of nitrogens with zero attached hydrogens (tertiary/aromatic N) is 3. The van der Waals surface area contributed by atoms with Crippen LogP contribution in [0, 0.1) is 5.92 Å². The number of carbonyl (C=O) groups excluding carboxylic acids is 1. The molecule has 0 spiro atoms. The maximum Gasteiger partial charge on any atom is 0.417 e. The first-order valence-corrected chi connectivity index (χ1v) is 11.1. The number of ether oxygens (including phenoxy) is 1. The van der Waals surface area contributed by atoms with Gasteiger partial charge in [0, 0.05) is 32.4 Å². The SMILES string of the molecule is COc1ccc([C@H](NC(=O)CN2CCCN(c3ccc(C(F)(F)F)cn3)CC2)C(C)C)cc1. The summed E-state index contributed by atoms with van der Waals surface area (Å²) in [5.74, 6) is 1.45. The molecule has 1 saturated heterocycles. The molecule has 33 heavy (non-hydrogen) atoms. The Bertz CT molecular complexity index is 901. The molecular formula is C24H31F3N4O2. The van der Waals surface area contributed by atoms with Crippen LogP contribution in [0.15, 0.2) is 42.6 Å². The van der Waals surface area contributed by atoms with Crippen molar-refractivity contribution < 1.29 is 22.7 Å². The van der Waals surface area contributed by atoms with Gasteiger partial charge in [-0.1, -0.05) is 26.0 Å². The van der Waals surface area contributed by atoms with Crippen LogP contribution >= 0.6 is 0 Å². The van der Waals surface area contributed by atoms with Gasteiger partial charge in [0.2, 0.25) is 5.91 Å². The van der Waals surface area contributed by atoms with E-state index in [4.69, 9.17) is 4.74 Å². The molecule has 6 nitrogen and oxygen atoms in total. The molecule has 0 unspecified atom stereocenters. The molecule has 1 aliphatic heterocycles. The van der Waals surface area contributed by atoms with Crippen LogP contribution in [0.5, 0.6) is 5.75 Å². The van der Waals surface area contributed by atoms with E-state index in [2.05, 4.69) is 29.0 Å². The third-order valence-electron chi connectivity index (χ3n) is 5.81. The second-order valence-electron chi connectivity index (χ2n) is 8.58. The molecule has 1 N–H and O–H groups in total. The number of halogens is 3. The van der Waals surface area contributed by atoms with Crippen LogP contribution in [-0.4, -0.2) is 55.6 Å². The van der Waals surface area contributed by atoms with Crippen molar-refractivity contribution in [2.45, 2.75) is 32.5 Å². The van der Waals surface area contributed by atoms with E-state index in [1.54, 1.807) is 7.11 Å². The van der Waals surface area contributed by atoms with Gasteiger partial charge in [0.05, 0.1) is 25.3 Å². The molecule has 2 aromatic rings. The highest BCUT2D eigenvalue weighted by Crippen LogP contribution is 2.29. The number of nitrogens with one attached hydrogen (secondary N) is 1. The molecule has 1 aromatic carbocycles. The van der Waals surface area contributed by atoms with Crippen LogP contribution in [0.4, 0.5) is 19.0 Å². The van der Waals surface area contributed by atoms with Crippen molar-refractivity contribution >= 4 is 11.7 Å². The molecule has 0 aliphatic carbocycles. The zero-order chi connectivity index (χ0) is 24.0. The zero-order valence-corrected chi connectivity index (χ0v) is 19.2. The average Bonchev–Trinajstić information content (AvgIpc) is 3.02. The van der Waals surface area contributed by atoms with Gasteiger partial charge in [-0.3, -0.25) is 9.69 Å². The van der Waals surface area contributed by atoms with E-state index in [-0.39, 0.29) is 24.4 Å². The molecule has 0 saturated carbocycles. The quantitative estimate of drug-likeness (QED) is 0.668. The summed E-state index contributed by atoms with van der Waals surface area (Å²) in [6, 6.07) is 10.1. The lowest BCUT2D eigenvalue weighted by Gasteiger charge is -2.26. The van der Waals surface area contributed by atoms with Crippen LogP contribution in [0.2, 0.25) is 0 Å². The highest BCUT2D eigenvalue weighted by Gasteiger charge is 2.31. The number of benzene rings is 1. The van der Waals surface area contributed by atoms with Gasteiger partial charge < -0.3 is 15.0 Å².